The van der Waals surface area contributed by atoms with E-state index in [-0.39, 0.29) is 34.0 Å². The van der Waals surface area contributed by atoms with Gasteiger partial charge in [0.1, 0.15) is 0 Å². The molecule has 0 amide bonds. The Labute approximate surface area is 83.7 Å². The molecule has 1 aliphatic rings. The van der Waals surface area contributed by atoms with Crippen LogP contribution in [0.15, 0.2) is 0 Å². The van der Waals surface area contributed by atoms with Gasteiger partial charge in [-0.1, -0.05) is 6.92 Å². The van der Waals surface area contributed by atoms with E-state index in [4.69, 9.17) is 0 Å². The Bertz CT molecular complexity index is 64.8. The van der Waals surface area contributed by atoms with E-state index in [0.717, 1.165) is 25.7 Å². The molecule has 4 heteroatoms. The monoisotopic (exact) mass is 274 g/mol. The Kier molecular flexibility index (Phi) is 10.7. The molecule has 0 radical (unpaired) electrons. The summed E-state index contributed by atoms with van der Waals surface area (Å²) in [6.45, 7) is 5.64. The molecule has 64 valence electrons. The zero-order chi connectivity index (χ0) is 5.82. The lowest BCUT2D eigenvalue weighted by Gasteiger charge is -2.22. The maximum atomic E-state index is 3.41. The van der Waals surface area contributed by atoms with Crippen LogP contribution in [-0.2, 0) is 0 Å². The van der Waals surface area contributed by atoms with Gasteiger partial charge in [-0.25, -0.2) is 0 Å². The SMILES string of the molecule is Br.Br.CCC1CNCCN1. The van der Waals surface area contributed by atoms with Gasteiger partial charge in [0.05, 0.1) is 0 Å². The second kappa shape index (κ2) is 7.98. The largest absolute Gasteiger partial charge is 0.314 e. The molecule has 1 atom stereocenters. The van der Waals surface area contributed by atoms with E-state index < -0.39 is 0 Å². The minimum absolute atomic E-state index is 0. The van der Waals surface area contributed by atoms with Gasteiger partial charge in [-0.3, -0.25) is 0 Å². The second-order valence-electron chi connectivity index (χ2n) is 2.26. The fourth-order valence-corrected chi connectivity index (χ4v) is 1.00. The van der Waals surface area contributed by atoms with Crippen molar-refractivity contribution < 1.29 is 0 Å². The summed E-state index contributed by atoms with van der Waals surface area (Å²) in [6, 6.07) is 0.726. The number of piperazine rings is 1. The lowest BCUT2D eigenvalue weighted by atomic mass is 10.2. The Morgan fingerprint density at radius 3 is 2.30 bits per heavy atom. The fraction of sp³-hybridized carbons (Fsp3) is 1.00. The molecule has 1 fully saturated rings. The van der Waals surface area contributed by atoms with Crippen LogP contribution in [0.3, 0.4) is 0 Å². The predicted molar refractivity (Wildman–Crippen MR) is 55.6 cm³/mol. The molecule has 0 aromatic heterocycles. The summed E-state index contributed by atoms with van der Waals surface area (Å²) >= 11 is 0. The summed E-state index contributed by atoms with van der Waals surface area (Å²) in [5, 5.41) is 6.73. The van der Waals surface area contributed by atoms with Crippen molar-refractivity contribution >= 4 is 34.0 Å². The van der Waals surface area contributed by atoms with Crippen LogP contribution in [-0.4, -0.2) is 25.7 Å². The first-order chi connectivity index (χ1) is 3.93. The predicted octanol–water partition coefficient (Wildman–Crippen LogP) is 1.11. The van der Waals surface area contributed by atoms with Crippen LogP contribution in [0.1, 0.15) is 13.3 Å². The number of halogens is 2. The molecule has 0 aromatic rings. The smallest absolute Gasteiger partial charge is 0.0190 e. The van der Waals surface area contributed by atoms with Gasteiger partial charge in [0.2, 0.25) is 0 Å². The minimum atomic E-state index is 0. The minimum Gasteiger partial charge on any atom is -0.314 e. The summed E-state index contributed by atoms with van der Waals surface area (Å²) in [7, 11) is 0. The molecule has 10 heavy (non-hydrogen) atoms. The molecule has 1 rings (SSSR count). The maximum Gasteiger partial charge on any atom is 0.0190 e. The van der Waals surface area contributed by atoms with Gasteiger partial charge < -0.3 is 10.6 Å². The normalized spacial score (nSPS) is 24.3. The van der Waals surface area contributed by atoms with Gasteiger partial charge in [-0.15, -0.1) is 34.0 Å². The zero-order valence-electron chi connectivity index (χ0n) is 6.22. The van der Waals surface area contributed by atoms with Crippen LogP contribution < -0.4 is 10.6 Å². The lowest BCUT2D eigenvalue weighted by Crippen LogP contribution is -2.47. The third-order valence-corrected chi connectivity index (χ3v) is 1.62. The molecule has 1 saturated heterocycles. The van der Waals surface area contributed by atoms with Crippen molar-refractivity contribution in [1.82, 2.24) is 10.6 Å². The number of nitrogens with one attached hydrogen (secondary N) is 2. The highest BCUT2D eigenvalue weighted by Gasteiger charge is 2.07. The number of hydrogen-bond donors (Lipinski definition) is 2. The van der Waals surface area contributed by atoms with E-state index >= 15 is 0 Å². The molecule has 0 spiro atoms. The molecule has 2 nitrogen and oxygen atoms in total. The summed E-state index contributed by atoms with van der Waals surface area (Å²) in [4.78, 5) is 0. The van der Waals surface area contributed by atoms with Gasteiger partial charge in [0, 0.05) is 25.7 Å². The maximum absolute atomic E-state index is 3.41. The third kappa shape index (κ3) is 4.66. The molecular formula is C6H16Br2N2. The van der Waals surface area contributed by atoms with Gasteiger partial charge in [0.15, 0.2) is 0 Å². The van der Waals surface area contributed by atoms with Crippen molar-refractivity contribution in [2.75, 3.05) is 19.6 Å². The van der Waals surface area contributed by atoms with Crippen molar-refractivity contribution in [3.05, 3.63) is 0 Å². The number of hydrogen-bond acceptors (Lipinski definition) is 2. The lowest BCUT2D eigenvalue weighted by molar-refractivity contribution is 0.410. The van der Waals surface area contributed by atoms with Gasteiger partial charge in [-0.05, 0) is 6.42 Å². The highest BCUT2D eigenvalue weighted by molar-refractivity contribution is 8.93. The van der Waals surface area contributed by atoms with Crippen molar-refractivity contribution in [2.24, 2.45) is 0 Å². The molecule has 0 bridgehead atoms. The first-order valence-corrected chi connectivity index (χ1v) is 3.37. The molecular weight excluding hydrogens is 260 g/mol. The van der Waals surface area contributed by atoms with Crippen LogP contribution in [0, 0.1) is 0 Å². The highest BCUT2D eigenvalue weighted by atomic mass is 79.9. The van der Waals surface area contributed by atoms with Crippen molar-refractivity contribution in [3.63, 3.8) is 0 Å². The zero-order valence-corrected chi connectivity index (χ0v) is 9.65. The molecule has 2 N–H and O–H groups in total. The van der Waals surface area contributed by atoms with E-state index in [0.29, 0.717) is 0 Å². The second-order valence-corrected chi connectivity index (χ2v) is 2.26. The standard InChI is InChI=1S/C6H14N2.2BrH/c1-2-6-5-7-3-4-8-6;;/h6-8H,2-5H2,1H3;2*1H. The Morgan fingerprint density at radius 2 is 2.00 bits per heavy atom. The Hall–Kier alpha value is 0.880. The van der Waals surface area contributed by atoms with E-state index in [9.17, 15) is 0 Å². The first kappa shape index (κ1) is 13.5. The third-order valence-electron chi connectivity index (χ3n) is 1.62. The average Bonchev–Trinajstić information content (AvgIpc) is 1.90. The first-order valence-electron chi connectivity index (χ1n) is 3.37. The van der Waals surface area contributed by atoms with E-state index in [1.165, 1.54) is 6.42 Å². The summed E-state index contributed by atoms with van der Waals surface area (Å²) in [5.74, 6) is 0. The van der Waals surface area contributed by atoms with Crippen LogP contribution >= 0.6 is 34.0 Å². The van der Waals surface area contributed by atoms with Gasteiger partial charge in [0.25, 0.3) is 0 Å². The highest BCUT2D eigenvalue weighted by Crippen LogP contribution is 1.90. The van der Waals surface area contributed by atoms with E-state index in [1.807, 2.05) is 0 Å². The summed E-state index contributed by atoms with van der Waals surface area (Å²) < 4.78 is 0. The molecule has 1 heterocycles. The Balaban J connectivity index is 0. The van der Waals surface area contributed by atoms with Crippen LogP contribution in [0.4, 0.5) is 0 Å². The quantitative estimate of drug-likeness (QED) is 0.749. The van der Waals surface area contributed by atoms with Crippen molar-refractivity contribution in [2.45, 2.75) is 19.4 Å². The van der Waals surface area contributed by atoms with Crippen molar-refractivity contribution in [1.29, 1.82) is 0 Å². The van der Waals surface area contributed by atoms with E-state index in [1.54, 1.807) is 0 Å². The molecule has 0 aliphatic carbocycles. The fourth-order valence-electron chi connectivity index (χ4n) is 1.00. The number of rotatable bonds is 1. The Morgan fingerprint density at radius 1 is 1.30 bits per heavy atom. The van der Waals surface area contributed by atoms with Crippen LogP contribution in [0.2, 0.25) is 0 Å². The average molecular weight is 276 g/mol. The van der Waals surface area contributed by atoms with Crippen molar-refractivity contribution in [3.8, 4) is 0 Å². The van der Waals surface area contributed by atoms with Gasteiger partial charge >= 0.3 is 0 Å². The summed E-state index contributed by atoms with van der Waals surface area (Å²) in [6.07, 6.45) is 1.24. The molecule has 0 saturated carbocycles. The summed E-state index contributed by atoms with van der Waals surface area (Å²) in [5.41, 5.74) is 0. The van der Waals surface area contributed by atoms with Crippen LogP contribution in [0.5, 0.6) is 0 Å². The molecule has 1 aliphatic heterocycles. The van der Waals surface area contributed by atoms with E-state index in [2.05, 4.69) is 17.6 Å². The van der Waals surface area contributed by atoms with Crippen LogP contribution in [0.25, 0.3) is 0 Å². The van der Waals surface area contributed by atoms with Gasteiger partial charge in [-0.2, -0.15) is 0 Å². The molecule has 0 aromatic carbocycles. The molecule has 1 unspecified atom stereocenters. The topological polar surface area (TPSA) is 24.1 Å².